The topological polar surface area (TPSA) is 74.7 Å². The van der Waals surface area contributed by atoms with Crippen LogP contribution in [0.3, 0.4) is 0 Å². The molecule has 0 bridgehead atoms. The SMILES string of the molecule is CC1SCCN(c2cccnc2/C(N)=N/O)C1C. The van der Waals surface area contributed by atoms with Gasteiger partial charge < -0.3 is 15.8 Å². The van der Waals surface area contributed by atoms with Gasteiger partial charge in [-0.1, -0.05) is 12.1 Å². The van der Waals surface area contributed by atoms with E-state index in [4.69, 9.17) is 10.9 Å². The van der Waals surface area contributed by atoms with Crippen molar-refractivity contribution < 1.29 is 5.21 Å². The molecule has 3 N–H and O–H groups in total. The van der Waals surface area contributed by atoms with Crippen LogP contribution in [-0.4, -0.2) is 39.6 Å². The van der Waals surface area contributed by atoms with Gasteiger partial charge in [0.2, 0.25) is 0 Å². The molecule has 2 rings (SSSR count). The second-order valence-electron chi connectivity index (χ2n) is 4.37. The Hall–Kier alpha value is -1.43. The monoisotopic (exact) mass is 266 g/mol. The molecule has 2 unspecified atom stereocenters. The van der Waals surface area contributed by atoms with Crippen LogP contribution in [0.1, 0.15) is 19.5 Å². The van der Waals surface area contributed by atoms with Crippen molar-refractivity contribution in [1.29, 1.82) is 0 Å². The third-order valence-electron chi connectivity index (χ3n) is 3.33. The molecule has 1 fully saturated rings. The molecule has 0 amide bonds. The van der Waals surface area contributed by atoms with E-state index in [1.54, 1.807) is 6.20 Å². The third kappa shape index (κ3) is 2.38. The largest absolute Gasteiger partial charge is 0.409 e. The Balaban J connectivity index is 2.38. The van der Waals surface area contributed by atoms with Crippen LogP contribution in [0.5, 0.6) is 0 Å². The number of thioether (sulfide) groups is 1. The first kappa shape index (κ1) is 13.0. The summed E-state index contributed by atoms with van der Waals surface area (Å²) in [7, 11) is 0. The summed E-state index contributed by atoms with van der Waals surface area (Å²) in [5, 5.41) is 12.4. The molecule has 2 heterocycles. The molecule has 0 spiro atoms. The number of nitrogens with zero attached hydrogens (tertiary/aromatic N) is 3. The van der Waals surface area contributed by atoms with Crippen molar-refractivity contribution >= 4 is 23.3 Å². The van der Waals surface area contributed by atoms with Gasteiger partial charge in [0, 0.05) is 29.8 Å². The van der Waals surface area contributed by atoms with Gasteiger partial charge in [-0.25, -0.2) is 0 Å². The molecule has 0 aromatic carbocycles. The molecular formula is C12H18N4OS. The minimum absolute atomic E-state index is 0.0590. The van der Waals surface area contributed by atoms with Crippen LogP contribution in [0.25, 0.3) is 0 Å². The molecule has 1 aliphatic rings. The van der Waals surface area contributed by atoms with E-state index in [9.17, 15) is 0 Å². The van der Waals surface area contributed by atoms with E-state index in [0.29, 0.717) is 17.0 Å². The van der Waals surface area contributed by atoms with Crippen LogP contribution in [0.2, 0.25) is 0 Å². The molecule has 1 saturated heterocycles. The van der Waals surface area contributed by atoms with Crippen molar-refractivity contribution in [3.05, 3.63) is 24.0 Å². The molecule has 1 aliphatic heterocycles. The Kier molecular flexibility index (Phi) is 3.96. The summed E-state index contributed by atoms with van der Waals surface area (Å²) in [5.41, 5.74) is 7.17. The Bertz CT molecular complexity index is 451. The summed E-state index contributed by atoms with van der Waals surface area (Å²) in [5.74, 6) is 1.14. The maximum Gasteiger partial charge on any atom is 0.190 e. The summed E-state index contributed by atoms with van der Waals surface area (Å²) in [6.45, 7) is 5.37. The van der Waals surface area contributed by atoms with Gasteiger partial charge in [-0.15, -0.1) is 0 Å². The van der Waals surface area contributed by atoms with Gasteiger partial charge in [0.05, 0.1) is 5.69 Å². The highest BCUT2D eigenvalue weighted by Gasteiger charge is 2.27. The number of rotatable bonds is 2. The standard InChI is InChI=1S/C12H18N4OS/c1-8-9(2)18-7-6-16(8)10-4-3-5-14-11(10)12(13)15-17/h3-5,8-9,17H,6-7H2,1-2H3,(H2,13,15). The van der Waals surface area contributed by atoms with Crippen LogP contribution in [0.15, 0.2) is 23.5 Å². The highest BCUT2D eigenvalue weighted by molar-refractivity contribution is 8.00. The van der Waals surface area contributed by atoms with Crippen molar-refractivity contribution in [3.8, 4) is 0 Å². The van der Waals surface area contributed by atoms with Crippen molar-refractivity contribution in [2.75, 3.05) is 17.2 Å². The van der Waals surface area contributed by atoms with E-state index in [0.717, 1.165) is 18.0 Å². The fourth-order valence-corrected chi connectivity index (χ4v) is 3.25. The summed E-state index contributed by atoms with van der Waals surface area (Å²) >= 11 is 1.97. The quantitative estimate of drug-likeness (QED) is 0.367. The molecule has 98 valence electrons. The first-order valence-corrected chi connectivity index (χ1v) is 7.01. The molecule has 1 aromatic heterocycles. The molecule has 6 heteroatoms. The molecule has 0 radical (unpaired) electrons. The van der Waals surface area contributed by atoms with Crippen molar-refractivity contribution in [1.82, 2.24) is 4.98 Å². The molecule has 2 atom stereocenters. The lowest BCUT2D eigenvalue weighted by molar-refractivity contribution is 0.318. The smallest absolute Gasteiger partial charge is 0.190 e. The van der Waals surface area contributed by atoms with E-state index in [-0.39, 0.29) is 5.84 Å². The fraction of sp³-hybridized carbons (Fsp3) is 0.500. The Morgan fingerprint density at radius 2 is 2.39 bits per heavy atom. The van der Waals surface area contributed by atoms with Crippen molar-refractivity contribution in [3.63, 3.8) is 0 Å². The van der Waals surface area contributed by atoms with Crippen molar-refractivity contribution in [2.45, 2.75) is 25.1 Å². The molecule has 0 saturated carbocycles. The average molecular weight is 266 g/mol. The average Bonchev–Trinajstić information content (AvgIpc) is 2.41. The summed E-state index contributed by atoms with van der Waals surface area (Å²) in [6.07, 6.45) is 1.66. The van der Waals surface area contributed by atoms with Crippen LogP contribution in [0, 0.1) is 0 Å². The predicted octanol–water partition coefficient (Wildman–Crippen LogP) is 1.51. The Morgan fingerprint density at radius 3 is 3.11 bits per heavy atom. The van der Waals surface area contributed by atoms with Crippen molar-refractivity contribution in [2.24, 2.45) is 10.9 Å². The van der Waals surface area contributed by atoms with Gasteiger partial charge in [-0.2, -0.15) is 11.8 Å². The van der Waals surface area contributed by atoms with Crippen LogP contribution >= 0.6 is 11.8 Å². The lowest BCUT2D eigenvalue weighted by Gasteiger charge is -2.39. The third-order valence-corrected chi connectivity index (χ3v) is 4.67. The molecular weight excluding hydrogens is 248 g/mol. The predicted molar refractivity (Wildman–Crippen MR) is 75.5 cm³/mol. The minimum Gasteiger partial charge on any atom is -0.409 e. The minimum atomic E-state index is 0.0590. The van der Waals surface area contributed by atoms with Crippen LogP contribution in [0.4, 0.5) is 5.69 Å². The number of oxime groups is 1. The lowest BCUT2D eigenvalue weighted by atomic mass is 10.1. The van der Waals surface area contributed by atoms with E-state index in [1.807, 2.05) is 23.9 Å². The second-order valence-corrected chi connectivity index (χ2v) is 5.85. The van der Waals surface area contributed by atoms with Gasteiger partial charge >= 0.3 is 0 Å². The molecule has 0 aliphatic carbocycles. The molecule has 5 nitrogen and oxygen atoms in total. The first-order chi connectivity index (χ1) is 8.65. The Labute approximate surface area is 111 Å². The van der Waals surface area contributed by atoms with E-state index in [1.165, 1.54) is 0 Å². The van der Waals surface area contributed by atoms with Gasteiger partial charge in [0.15, 0.2) is 5.84 Å². The fourth-order valence-electron chi connectivity index (χ4n) is 2.15. The van der Waals surface area contributed by atoms with Gasteiger partial charge in [-0.3, -0.25) is 4.98 Å². The molecule has 1 aromatic rings. The van der Waals surface area contributed by atoms with E-state index >= 15 is 0 Å². The molecule has 18 heavy (non-hydrogen) atoms. The van der Waals surface area contributed by atoms with Gasteiger partial charge in [-0.05, 0) is 19.1 Å². The Morgan fingerprint density at radius 1 is 1.61 bits per heavy atom. The summed E-state index contributed by atoms with van der Waals surface area (Å²) in [4.78, 5) is 6.50. The number of amidine groups is 1. The number of pyridine rings is 1. The number of nitrogens with two attached hydrogens (primary N) is 1. The highest BCUT2D eigenvalue weighted by Crippen LogP contribution is 2.30. The number of hydrogen-bond acceptors (Lipinski definition) is 5. The summed E-state index contributed by atoms with van der Waals surface area (Å²) in [6, 6.07) is 4.25. The van der Waals surface area contributed by atoms with E-state index < -0.39 is 0 Å². The number of hydrogen-bond donors (Lipinski definition) is 2. The van der Waals surface area contributed by atoms with E-state index in [2.05, 4.69) is 28.9 Å². The second kappa shape index (κ2) is 5.48. The summed E-state index contributed by atoms with van der Waals surface area (Å²) < 4.78 is 0. The highest BCUT2D eigenvalue weighted by atomic mass is 32.2. The van der Waals surface area contributed by atoms with Crippen LogP contribution in [-0.2, 0) is 0 Å². The number of anilines is 1. The lowest BCUT2D eigenvalue weighted by Crippen LogP contribution is -2.45. The first-order valence-electron chi connectivity index (χ1n) is 5.96. The van der Waals surface area contributed by atoms with Crippen LogP contribution < -0.4 is 10.6 Å². The maximum atomic E-state index is 8.83. The zero-order valence-electron chi connectivity index (χ0n) is 10.6. The zero-order chi connectivity index (χ0) is 13.1. The maximum absolute atomic E-state index is 8.83. The van der Waals surface area contributed by atoms with Gasteiger partial charge in [0.25, 0.3) is 0 Å². The normalized spacial score (nSPS) is 25.2. The number of aromatic nitrogens is 1. The van der Waals surface area contributed by atoms with Gasteiger partial charge in [0.1, 0.15) is 5.69 Å². The zero-order valence-corrected chi connectivity index (χ0v) is 11.4.